The smallest absolute Gasteiger partial charge is 0.339 e. The molecule has 1 saturated carbocycles. The SMILES string of the molecule is Cc1cc(C(=O)OCC(=O)N(C)C2CCC(C)CC2)c2ccccc2n1. The van der Waals surface area contributed by atoms with Crippen molar-refractivity contribution in [3.8, 4) is 0 Å². The van der Waals surface area contributed by atoms with Crippen LogP contribution in [-0.2, 0) is 9.53 Å². The lowest BCUT2D eigenvalue weighted by Crippen LogP contribution is -2.41. The van der Waals surface area contributed by atoms with E-state index in [1.165, 1.54) is 0 Å². The molecule has 1 fully saturated rings. The molecule has 0 N–H and O–H groups in total. The third-order valence-corrected chi connectivity index (χ3v) is 5.32. The number of likely N-dealkylation sites (N-methyl/N-ethyl adjacent to an activating group) is 1. The van der Waals surface area contributed by atoms with Crippen molar-refractivity contribution < 1.29 is 14.3 Å². The van der Waals surface area contributed by atoms with Crippen molar-refractivity contribution in [1.29, 1.82) is 0 Å². The zero-order chi connectivity index (χ0) is 18.7. The predicted molar refractivity (Wildman–Crippen MR) is 101 cm³/mol. The number of pyridine rings is 1. The summed E-state index contributed by atoms with van der Waals surface area (Å²) in [4.78, 5) is 31.1. The van der Waals surface area contributed by atoms with Gasteiger partial charge in [-0.25, -0.2) is 4.79 Å². The fourth-order valence-corrected chi connectivity index (χ4v) is 3.62. The van der Waals surface area contributed by atoms with Crippen molar-refractivity contribution in [3.63, 3.8) is 0 Å². The highest BCUT2D eigenvalue weighted by Crippen LogP contribution is 2.26. The summed E-state index contributed by atoms with van der Waals surface area (Å²) in [6.07, 6.45) is 4.33. The minimum absolute atomic E-state index is 0.145. The van der Waals surface area contributed by atoms with Crippen molar-refractivity contribution in [3.05, 3.63) is 41.6 Å². The molecule has 5 heteroatoms. The van der Waals surface area contributed by atoms with Crippen LogP contribution >= 0.6 is 0 Å². The highest BCUT2D eigenvalue weighted by molar-refractivity contribution is 6.04. The molecule has 0 radical (unpaired) electrons. The molecule has 1 aliphatic carbocycles. The van der Waals surface area contributed by atoms with Crippen molar-refractivity contribution in [2.75, 3.05) is 13.7 Å². The van der Waals surface area contributed by atoms with E-state index in [9.17, 15) is 9.59 Å². The lowest BCUT2D eigenvalue weighted by Gasteiger charge is -2.33. The normalized spacial score (nSPS) is 20.0. The molecule has 0 unspecified atom stereocenters. The van der Waals surface area contributed by atoms with E-state index in [0.717, 1.165) is 48.2 Å². The first-order valence-corrected chi connectivity index (χ1v) is 9.25. The number of aryl methyl sites for hydroxylation is 1. The van der Waals surface area contributed by atoms with Crippen LogP contribution in [0.1, 0.15) is 48.7 Å². The Balaban J connectivity index is 1.65. The second kappa shape index (κ2) is 7.85. The number of rotatable bonds is 4. The Morgan fingerprint density at radius 2 is 1.88 bits per heavy atom. The van der Waals surface area contributed by atoms with Gasteiger partial charge in [-0.3, -0.25) is 9.78 Å². The summed E-state index contributed by atoms with van der Waals surface area (Å²) >= 11 is 0. The van der Waals surface area contributed by atoms with Crippen LogP contribution in [-0.4, -0.2) is 41.5 Å². The molecule has 0 bridgehead atoms. The van der Waals surface area contributed by atoms with Gasteiger partial charge in [0.05, 0.1) is 11.1 Å². The number of fused-ring (bicyclic) bond motifs is 1. The van der Waals surface area contributed by atoms with Gasteiger partial charge in [-0.15, -0.1) is 0 Å². The molecule has 2 aromatic rings. The van der Waals surface area contributed by atoms with Gasteiger partial charge >= 0.3 is 5.97 Å². The third kappa shape index (κ3) is 4.03. The highest BCUT2D eigenvalue weighted by Gasteiger charge is 2.25. The average molecular weight is 354 g/mol. The summed E-state index contributed by atoms with van der Waals surface area (Å²) in [6.45, 7) is 3.87. The van der Waals surface area contributed by atoms with Crippen LogP contribution in [0.15, 0.2) is 30.3 Å². The Bertz CT molecular complexity index is 810. The number of amides is 1. The van der Waals surface area contributed by atoms with E-state index in [4.69, 9.17) is 4.74 Å². The summed E-state index contributed by atoms with van der Waals surface area (Å²) in [5, 5.41) is 0.741. The predicted octanol–water partition coefficient (Wildman–Crippen LogP) is 3.74. The van der Waals surface area contributed by atoms with Gasteiger partial charge < -0.3 is 9.64 Å². The van der Waals surface area contributed by atoms with E-state index < -0.39 is 5.97 Å². The second-order valence-corrected chi connectivity index (χ2v) is 7.32. The van der Waals surface area contributed by atoms with Crippen LogP contribution in [0.5, 0.6) is 0 Å². The van der Waals surface area contributed by atoms with Gasteiger partial charge in [0.2, 0.25) is 0 Å². The molecule has 26 heavy (non-hydrogen) atoms. The molecule has 1 aliphatic rings. The number of benzene rings is 1. The van der Waals surface area contributed by atoms with Gasteiger partial charge in [-0.1, -0.05) is 25.1 Å². The number of carbonyl (C=O) groups excluding carboxylic acids is 2. The number of hydrogen-bond donors (Lipinski definition) is 0. The number of para-hydroxylation sites is 1. The largest absolute Gasteiger partial charge is 0.452 e. The van der Waals surface area contributed by atoms with Crippen LogP contribution in [0.25, 0.3) is 10.9 Å². The Morgan fingerprint density at radius 1 is 1.19 bits per heavy atom. The minimum Gasteiger partial charge on any atom is -0.452 e. The molecule has 5 nitrogen and oxygen atoms in total. The lowest BCUT2D eigenvalue weighted by molar-refractivity contribution is -0.136. The van der Waals surface area contributed by atoms with E-state index >= 15 is 0 Å². The highest BCUT2D eigenvalue weighted by atomic mass is 16.5. The number of aromatic nitrogens is 1. The van der Waals surface area contributed by atoms with Gasteiger partial charge in [0.25, 0.3) is 5.91 Å². The molecule has 0 saturated heterocycles. The first-order chi connectivity index (χ1) is 12.5. The van der Waals surface area contributed by atoms with Crippen LogP contribution in [0.3, 0.4) is 0 Å². The van der Waals surface area contributed by atoms with Gasteiger partial charge in [0.1, 0.15) is 0 Å². The van der Waals surface area contributed by atoms with Crippen LogP contribution < -0.4 is 0 Å². The van der Waals surface area contributed by atoms with Gasteiger partial charge in [0, 0.05) is 24.2 Å². The van der Waals surface area contributed by atoms with E-state index in [0.29, 0.717) is 5.56 Å². The molecule has 0 atom stereocenters. The molecule has 1 aromatic heterocycles. The number of hydrogen-bond acceptors (Lipinski definition) is 4. The van der Waals surface area contributed by atoms with Crippen LogP contribution in [0, 0.1) is 12.8 Å². The second-order valence-electron chi connectivity index (χ2n) is 7.32. The van der Waals surface area contributed by atoms with Gasteiger partial charge in [-0.05, 0) is 50.7 Å². The van der Waals surface area contributed by atoms with Gasteiger partial charge in [-0.2, -0.15) is 0 Å². The molecule has 3 rings (SSSR count). The maximum atomic E-state index is 12.5. The number of carbonyl (C=O) groups is 2. The molecule has 0 spiro atoms. The van der Waals surface area contributed by atoms with Crippen molar-refractivity contribution in [2.24, 2.45) is 5.92 Å². The minimum atomic E-state index is -0.481. The van der Waals surface area contributed by atoms with E-state index in [2.05, 4.69) is 11.9 Å². The third-order valence-electron chi connectivity index (χ3n) is 5.32. The van der Waals surface area contributed by atoms with Crippen LogP contribution in [0.4, 0.5) is 0 Å². The zero-order valence-electron chi connectivity index (χ0n) is 15.7. The van der Waals surface area contributed by atoms with Crippen molar-refractivity contribution >= 4 is 22.8 Å². The summed E-state index contributed by atoms with van der Waals surface area (Å²) < 4.78 is 5.33. The van der Waals surface area contributed by atoms with E-state index in [1.807, 2.05) is 38.2 Å². The topological polar surface area (TPSA) is 59.5 Å². The Morgan fingerprint density at radius 3 is 2.62 bits per heavy atom. The Hall–Kier alpha value is -2.43. The molecule has 0 aliphatic heterocycles. The Kier molecular flexibility index (Phi) is 5.55. The number of ether oxygens (including phenoxy) is 1. The number of esters is 1. The molecular weight excluding hydrogens is 328 g/mol. The van der Waals surface area contributed by atoms with E-state index in [-0.39, 0.29) is 18.6 Å². The maximum absolute atomic E-state index is 12.5. The molecule has 1 aromatic carbocycles. The average Bonchev–Trinajstić information content (AvgIpc) is 2.65. The summed E-state index contributed by atoms with van der Waals surface area (Å²) in [7, 11) is 1.81. The fraction of sp³-hybridized carbons (Fsp3) is 0.476. The maximum Gasteiger partial charge on any atom is 0.339 e. The number of nitrogens with zero attached hydrogens (tertiary/aromatic N) is 2. The summed E-state index contributed by atoms with van der Waals surface area (Å²) in [5.41, 5.74) is 1.95. The first kappa shape index (κ1) is 18.4. The summed E-state index contributed by atoms with van der Waals surface area (Å²) in [5.74, 6) is 0.106. The Labute approximate surface area is 154 Å². The molecule has 1 amide bonds. The quantitative estimate of drug-likeness (QED) is 0.785. The van der Waals surface area contributed by atoms with Crippen LogP contribution in [0.2, 0.25) is 0 Å². The molecular formula is C21H26N2O3. The first-order valence-electron chi connectivity index (χ1n) is 9.25. The lowest BCUT2D eigenvalue weighted by atomic mass is 9.87. The van der Waals surface area contributed by atoms with E-state index in [1.54, 1.807) is 11.0 Å². The van der Waals surface area contributed by atoms with Gasteiger partial charge in [0.15, 0.2) is 6.61 Å². The molecule has 138 valence electrons. The standard InChI is InChI=1S/C21H26N2O3/c1-14-8-10-16(11-9-14)23(3)20(24)13-26-21(25)18-12-15(2)22-19-7-5-4-6-17(18)19/h4-7,12,14,16H,8-11,13H2,1-3H3. The zero-order valence-corrected chi connectivity index (χ0v) is 15.7. The van der Waals surface area contributed by atoms with Crippen molar-refractivity contribution in [2.45, 2.75) is 45.6 Å². The molecule has 1 heterocycles. The van der Waals surface area contributed by atoms with Crippen molar-refractivity contribution in [1.82, 2.24) is 9.88 Å². The summed E-state index contributed by atoms with van der Waals surface area (Å²) in [6, 6.07) is 9.41. The monoisotopic (exact) mass is 354 g/mol. The fourth-order valence-electron chi connectivity index (χ4n) is 3.62.